The Morgan fingerprint density at radius 2 is 2.25 bits per heavy atom. The third-order valence-corrected chi connectivity index (χ3v) is 2.44. The van der Waals surface area contributed by atoms with Crippen LogP contribution in [0.3, 0.4) is 0 Å². The summed E-state index contributed by atoms with van der Waals surface area (Å²) in [5.41, 5.74) is 0. The van der Waals surface area contributed by atoms with E-state index < -0.39 is 0 Å². The normalized spacial score (nSPS) is 10.8. The fourth-order valence-electron chi connectivity index (χ4n) is 1.32. The maximum Gasteiger partial charge on any atom is 0.196 e. The van der Waals surface area contributed by atoms with Crippen molar-refractivity contribution < 1.29 is 4.74 Å². The summed E-state index contributed by atoms with van der Waals surface area (Å²) in [7, 11) is 0. The molecule has 0 aliphatic carbocycles. The summed E-state index contributed by atoms with van der Waals surface area (Å²) < 4.78 is 8.47. The molecule has 0 aliphatic heterocycles. The first-order valence-corrected chi connectivity index (χ1v) is 6.07. The first-order valence-electron chi connectivity index (χ1n) is 4.99. The van der Waals surface area contributed by atoms with Gasteiger partial charge in [0.1, 0.15) is 0 Å². The summed E-state index contributed by atoms with van der Waals surface area (Å²) in [6.45, 7) is 3.98. The van der Waals surface area contributed by atoms with Gasteiger partial charge < -0.3 is 4.74 Å². The molecule has 0 saturated carbocycles. The largest absolute Gasteiger partial charge is 0.487 e. The lowest BCUT2D eigenvalue weighted by Crippen LogP contribution is -2.09. The summed E-state index contributed by atoms with van der Waals surface area (Å²) in [6, 6.07) is 3.76. The van der Waals surface area contributed by atoms with Gasteiger partial charge in [-0.05, 0) is 48.6 Å². The van der Waals surface area contributed by atoms with E-state index in [4.69, 9.17) is 4.74 Å². The van der Waals surface area contributed by atoms with E-state index in [-0.39, 0.29) is 6.10 Å². The number of hydrogen-bond donors (Lipinski definition) is 0. The molecule has 0 aliphatic rings. The molecule has 0 aromatic carbocycles. The number of nitrogens with zero attached hydrogens (tertiary/aromatic N) is 3. The van der Waals surface area contributed by atoms with Crippen LogP contribution < -0.4 is 4.74 Å². The Balaban J connectivity index is 2.40. The first-order chi connectivity index (χ1) is 7.66. The van der Waals surface area contributed by atoms with E-state index >= 15 is 0 Å². The molecule has 0 fully saturated rings. The van der Waals surface area contributed by atoms with Gasteiger partial charge in [0, 0.05) is 12.4 Å². The lowest BCUT2D eigenvalue weighted by molar-refractivity contribution is 0.240. The van der Waals surface area contributed by atoms with Crippen LogP contribution in [-0.2, 0) is 0 Å². The summed E-state index contributed by atoms with van der Waals surface area (Å²) in [6.07, 6.45) is 5.55. The molecule has 5 heteroatoms. The predicted molar refractivity (Wildman–Crippen MR) is 69.8 cm³/mol. The van der Waals surface area contributed by atoms with Gasteiger partial charge in [-0.1, -0.05) is 0 Å². The number of pyridine rings is 1. The Morgan fingerprint density at radius 1 is 1.44 bits per heavy atom. The van der Waals surface area contributed by atoms with Crippen molar-refractivity contribution in [3.63, 3.8) is 0 Å². The molecule has 0 spiro atoms. The lowest BCUT2D eigenvalue weighted by atomic mass is 10.4. The molecular formula is C11H12IN3O. The van der Waals surface area contributed by atoms with Crippen LogP contribution in [0.1, 0.15) is 13.8 Å². The standard InChI is InChI=1S/C11H12IN3O/c1-8(2)16-10-4-3-5-13-11(10)15-7-9(12)6-14-15/h3-8H,1-2H3. The molecule has 0 N–H and O–H groups in total. The van der Waals surface area contributed by atoms with Crippen molar-refractivity contribution in [3.8, 4) is 11.6 Å². The highest BCUT2D eigenvalue weighted by Gasteiger charge is 2.09. The van der Waals surface area contributed by atoms with Crippen LogP contribution >= 0.6 is 22.6 Å². The Kier molecular flexibility index (Phi) is 3.42. The fourth-order valence-corrected chi connectivity index (χ4v) is 1.71. The smallest absolute Gasteiger partial charge is 0.196 e. The zero-order valence-electron chi connectivity index (χ0n) is 9.09. The Labute approximate surface area is 108 Å². The molecule has 0 atom stereocenters. The van der Waals surface area contributed by atoms with Crippen LogP contribution in [0.15, 0.2) is 30.7 Å². The molecule has 2 aromatic rings. The van der Waals surface area contributed by atoms with E-state index in [9.17, 15) is 0 Å². The van der Waals surface area contributed by atoms with Crippen LogP contribution in [0.25, 0.3) is 5.82 Å². The molecule has 0 unspecified atom stereocenters. The second-order valence-corrected chi connectivity index (χ2v) is 4.84. The lowest BCUT2D eigenvalue weighted by Gasteiger charge is -2.12. The van der Waals surface area contributed by atoms with Gasteiger partial charge in [0.2, 0.25) is 0 Å². The summed E-state index contributed by atoms with van der Waals surface area (Å²) in [4.78, 5) is 4.29. The van der Waals surface area contributed by atoms with Gasteiger partial charge in [-0.25, -0.2) is 9.67 Å². The molecule has 84 valence electrons. The van der Waals surface area contributed by atoms with Gasteiger partial charge in [-0.3, -0.25) is 0 Å². The SMILES string of the molecule is CC(C)Oc1cccnc1-n1cc(I)cn1. The molecule has 2 rings (SSSR count). The minimum Gasteiger partial charge on any atom is -0.487 e. The average molecular weight is 329 g/mol. The van der Waals surface area contributed by atoms with Crippen molar-refractivity contribution in [1.82, 2.24) is 14.8 Å². The Hall–Kier alpha value is -1.11. The Morgan fingerprint density at radius 3 is 2.88 bits per heavy atom. The van der Waals surface area contributed by atoms with E-state index in [2.05, 4.69) is 32.7 Å². The van der Waals surface area contributed by atoms with Crippen LogP contribution in [0.5, 0.6) is 5.75 Å². The monoisotopic (exact) mass is 329 g/mol. The molecule has 0 amide bonds. The predicted octanol–water partition coefficient (Wildman–Crippen LogP) is 2.66. The van der Waals surface area contributed by atoms with Crippen molar-refractivity contribution >= 4 is 22.6 Å². The molecule has 2 heterocycles. The van der Waals surface area contributed by atoms with Crippen molar-refractivity contribution in [2.24, 2.45) is 0 Å². The third kappa shape index (κ3) is 2.52. The molecule has 16 heavy (non-hydrogen) atoms. The number of rotatable bonds is 3. The maximum absolute atomic E-state index is 5.68. The van der Waals surface area contributed by atoms with Crippen molar-refractivity contribution in [3.05, 3.63) is 34.3 Å². The number of hydrogen-bond acceptors (Lipinski definition) is 3. The average Bonchev–Trinajstić information content (AvgIpc) is 2.65. The van der Waals surface area contributed by atoms with Crippen LogP contribution in [0, 0.1) is 3.57 Å². The minimum absolute atomic E-state index is 0.123. The summed E-state index contributed by atoms with van der Waals surface area (Å²) in [5.74, 6) is 1.47. The van der Waals surface area contributed by atoms with Crippen LogP contribution in [0.2, 0.25) is 0 Å². The van der Waals surface area contributed by atoms with Crippen molar-refractivity contribution in [2.75, 3.05) is 0 Å². The van der Waals surface area contributed by atoms with E-state index in [1.165, 1.54) is 0 Å². The highest BCUT2D eigenvalue weighted by atomic mass is 127. The zero-order chi connectivity index (χ0) is 11.5. The quantitative estimate of drug-likeness (QED) is 0.813. The number of ether oxygens (including phenoxy) is 1. The van der Waals surface area contributed by atoms with Gasteiger partial charge in [0.05, 0.1) is 15.9 Å². The van der Waals surface area contributed by atoms with Gasteiger partial charge >= 0.3 is 0 Å². The van der Waals surface area contributed by atoms with E-state index in [1.54, 1.807) is 17.1 Å². The number of aromatic nitrogens is 3. The van der Waals surface area contributed by atoms with Gasteiger partial charge in [0.25, 0.3) is 0 Å². The van der Waals surface area contributed by atoms with Gasteiger partial charge in [-0.15, -0.1) is 0 Å². The van der Waals surface area contributed by atoms with Crippen molar-refractivity contribution in [2.45, 2.75) is 20.0 Å². The minimum atomic E-state index is 0.123. The number of halogens is 1. The van der Waals surface area contributed by atoms with E-state index in [0.29, 0.717) is 0 Å². The van der Waals surface area contributed by atoms with Crippen LogP contribution in [-0.4, -0.2) is 20.9 Å². The molecule has 0 saturated heterocycles. The Bertz CT molecular complexity index is 482. The second kappa shape index (κ2) is 4.82. The molecular weight excluding hydrogens is 317 g/mol. The highest BCUT2D eigenvalue weighted by molar-refractivity contribution is 14.1. The van der Waals surface area contributed by atoms with Gasteiger partial charge in [0.15, 0.2) is 11.6 Å². The zero-order valence-corrected chi connectivity index (χ0v) is 11.2. The molecule has 0 radical (unpaired) electrons. The first kappa shape index (κ1) is 11.4. The molecule has 2 aromatic heterocycles. The fraction of sp³-hybridized carbons (Fsp3) is 0.273. The van der Waals surface area contributed by atoms with Crippen LogP contribution in [0.4, 0.5) is 0 Å². The van der Waals surface area contributed by atoms with Crippen molar-refractivity contribution in [1.29, 1.82) is 0 Å². The van der Waals surface area contributed by atoms with Gasteiger partial charge in [-0.2, -0.15) is 5.10 Å². The second-order valence-electron chi connectivity index (χ2n) is 3.59. The molecule has 4 nitrogen and oxygen atoms in total. The molecule has 0 bridgehead atoms. The maximum atomic E-state index is 5.68. The summed E-state index contributed by atoms with van der Waals surface area (Å²) in [5, 5.41) is 4.22. The van der Waals surface area contributed by atoms with E-state index in [1.807, 2.05) is 32.2 Å². The highest BCUT2D eigenvalue weighted by Crippen LogP contribution is 2.21. The third-order valence-electron chi connectivity index (χ3n) is 1.88. The summed E-state index contributed by atoms with van der Waals surface area (Å²) >= 11 is 2.21. The topological polar surface area (TPSA) is 39.9 Å². The van der Waals surface area contributed by atoms with E-state index in [0.717, 1.165) is 15.1 Å².